The van der Waals surface area contributed by atoms with Crippen LogP contribution in [0.4, 0.5) is 0 Å². The zero-order valence-corrected chi connectivity index (χ0v) is 10.6. The van der Waals surface area contributed by atoms with Gasteiger partial charge in [-0.2, -0.15) is 0 Å². The minimum Gasteiger partial charge on any atom is -0.378 e. The summed E-state index contributed by atoms with van der Waals surface area (Å²) in [7, 11) is 0. The molecule has 3 heteroatoms. The van der Waals surface area contributed by atoms with Gasteiger partial charge in [-0.3, -0.25) is 4.90 Å². The van der Waals surface area contributed by atoms with E-state index in [-0.39, 0.29) is 11.5 Å². The van der Waals surface area contributed by atoms with E-state index in [2.05, 4.69) is 32.6 Å². The number of ether oxygens (including phenoxy) is 1. The second-order valence-electron chi connectivity index (χ2n) is 5.38. The van der Waals surface area contributed by atoms with E-state index in [1.165, 1.54) is 0 Å². The van der Waals surface area contributed by atoms with Crippen molar-refractivity contribution in [1.82, 2.24) is 4.90 Å². The monoisotopic (exact) mass is 214 g/mol. The maximum absolute atomic E-state index is 6.02. The molecule has 0 aromatic heterocycles. The molecule has 0 bridgehead atoms. The summed E-state index contributed by atoms with van der Waals surface area (Å²) < 4.78 is 5.51. The fourth-order valence-corrected chi connectivity index (χ4v) is 1.94. The Hall–Kier alpha value is -0.120. The number of hydrogen-bond acceptors (Lipinski definition) is 3. The van der Waals surface area contributed by atoms with Crippen LogP contribution in [0, 0.1) is 5.41 Å². The summed E-state index contributed by atoms with van der Waals surface area (Å²) in [5.41, 5.74) is 6.20. The highest BCUT2D eigenvalue weighted by molar-refractivity contribution is 4.85. The number of nitrogens with zero attached hydrogens (tertiary/aromatic N) is 1. The minimum atomic E-state index is 0.185. The van der Waals surface area contributed by atoms with Crippen molar-refractivity contribution in [2.45, 2.75) is 46.2 Å². The van der Waals surface area contributed by atoms with Crippen LogP contribution in [-0.2, 0) is 4.74 Å². The lowest BCUT2D eigenvalue weighted by molar-refractivity contribution is -0.0261. The molecule has 1 aliphatic heterocycles. The van der Waals surface area contributed by atoms with Gasteiger partial charge in [-0.25, -0.2) is 0 Å². The van der Waals surface area contributed by atoms with Crippen LogP contribution in [0.5, 0.6) is 0 Å². The van der Waals surface area contributed by atoms with Gasteiger partial charge in [-0.05, 0) is 18.8 Å². The molecule has 0 amide bonds. The SMILES string of the molecule is CCC1COCCN1CC(C)(C)C(C)N. The van der Waals surface area contributed by atoms with Crippen LogP contribution in [-0.4, -0.2) is 43.3 Å². The molecule has 0 spiro atoms. The summed E-state index contributed by atoms with van der Waals surface area (Å²) in [5, 5.41) is 0. The molecule has 0 saturated carbocycles. The van der Waals surface area contributed by atoms with E-state index >= 15 is 0 Å². The second kappa shape index (κ2) is 5.28. The van der Waals surface area contributed by atoms with E-state index in [4.69, 9.17) is 10.5 Å². The molecule has 0 aromatic carbocycles. The summed E-state index contributed by atoms with van der Waals surface area (Å²) >= 11 is 0. The van der Waals surface area contributed by atoms with Gasteiger partial charge in [0.15, 0.2) is 0 Å². The van der Waals surface area contributed by atoms with Gasteiger partial charge in [0, 0.05) is 25.2 Å². The van der Waals surface area contributed by atoms with Crippen LogP contribution in [0.2, 0.25) is 0 Å². The van der Waals surface area contributed by atoms with E-state index in [0.717, 1.165) is 32.7 Å². The zero-order valence-electron chi connectivity index (χ0n) is 10.6. The molecule has 90 valence electrons. The molecule has 3 nitrogen and oxygen atoms in total. The molecule has 0 radical (unpaired) electrons. The first-order chi connectivity index (χ1) is 6.97. The average Bonchev–Trinajstić information content (AvgIpc) is 2.18. The summed E-state index contributed by atoms with van der Waals surface area (Å²) in [4.78, 5) is 2.53. The Bertz CT molecular complexity index is 192. The molecule has 2 unspecified atom stereocenters. The van der Waals surface area contributed by atoms with Crippen molar-refractivity contribution in [1.29, 1.82) is 0 Å². The van der Waals surface area contributed by atoms with Crippen molar-refractivity contribution in [3.63, 3.8) is 0 Å². The summed E-state index contributed by atoms with van der Waals surface area (Å²) in [6.07, 6.45) is 1.16. The first-order valence-corrected chi connectivity index (χ1v) is 6.04. The lowest BCUT2D eigenvalue weighted by atomic mass is 9.85. The topological polar surface area (TPSA) is 38.5 Å². The molecule has 1 heterocycles. The largest absolute Gasteiger partial charge is 0.378 e. The smallest absolute Gasteiger partial charge is 0.0622 e. The fourth-order valence-electron chi connectivity index (χ4n) is 1.94. The van der Waals surface area contributed by atoms with Crippen LogP contribution in [0.25, 0.3) is 0 Å². The van der Waals surface area contributed by atoms with Crippen molar-refractivity contribution in [2.24, 2.45) is 11.1 Å². The molecule has 2 N–H and O–H groups in total. The van der Waals surface area contributed by atoms with E-state index in [0.29, 0.717) is 6.04 Å². The maximum Gasteiger partial charge on any atom is 0.0622 e. The van der Waals surface area contributed by atoms with Crippen molar-refractivity contribution < 1.29 is 4.74 Å². The van der Waals surface area contributed by atoms with Gasteiger partial charge in [0.2, 0.25) is 0 Å². The molecule has 1 aliphatic rings. The Labute approximate surface area is 94.0 Å². The Kier molecular flexibility index (Phi) is 4.56. The van der Waals surface area contributed by atoms with E-state index in [1.54, 1.807) is 0 Å². The molecule has 1 saturated heterocycles. The Morgan fingerprint density at radius 1 is 1.53 bits per heavy atom. The average molecular weight is 214 g/mol. The highest BCUT2D eigenvalue weighted by Gasteiger charge is 2.30. The third-order valence-electron chi connectivity index (χ3n) is 3.66. The second-order valence-corrected chi connectivity index (χ2v) is 5.38. The Morgan fingerprint density at radius 3 is 2.73 bits per heavy atom. The highest BCUT2D eigenvalue weighted by Crippen LogP contribution is 2.23. The predicted octanol–water partition coefficient (Wildman–Crippen LogP) is 1.47. The van der Waals surface area contributed by atoms with E-state index in [9.17, 15) is 0 Å². The van der Waals surface area contributed by atoms with Gasteiger partial charge >= 0.3 is 0 Å². The van der Waals surface area contributed by atoms with Crippen molar-refractivity contribution in [3.8, 4) is 0 Å². The van der Waals surface area contributed by atoms with Gasteiger partial charge in [0.25, 0.3) is 0 Å². The van der Waals surface area contributed by atoms with Gasteiger partial charge in [-0.15, -0.1) is 0 Å². The highest BCUT2D eigenvalue weighted by atomic mass is 16.5. The predicted molar refractivity (Wildman–Crippen MR) is 63.9 cm³/mol. The lowest BCUT2D eigenvalue weighted by Crippen LogP contribution is -2.52. The van der Waals surface area contributed by atoms with Crippen molar-refractivity contribution >= 4 is 0 Å². The molecule has 15 heavy (non-hydrogen) atoms. The number of hydrogen-bond donors (Lipinski definition) is 1. The van der Waals surface area contributed by atoms with Gasteiger partial charge in [0.1, 0.15) is 0 Å². The van der Waals surface area contributed by atoms with Crippen LogP contribution in [0.3, 0.4) is 0 Å². The molecule has 0 aromatic rings. The van der Waals surface area contributed by atoms with Crippen LogP contribution < -0.4 is 5.73 Å². The molecule has 2 atom stereocenters. The van der Waals surface area contributed by atoms with Gasteiger partial charge < -0.3 is 10.5 Å². The van der Waals surface area contributed by atoms with Gasteiger partial charge in [-0.1, -0.05) is 20.8 Å². The number of morpholine rings is 1. The summed E-state index contributed by atoms with van der Waals surface area (Å²) in [6, 6.07) is 0.814. The fraction of sp³-hybridized carbons (Fsp3) is 1.00. The molecular weight excluding hydrogens is 188 g/mol. The zero-order chi connectivity index (χ0) is 11.5. The number of nitrogens with two attached hydrogens (primary N) is 1. The first-order valence-electron chi connectivity index (χ1n) is 6.04. The first kappa shape index (κ1) is 12.9. The van der Waals surface area contributed by atoms with Crippen LogP contribution >= 0.6 is 0 Å². The minimum absolute atomic E-state index is 0.185. The third kappa shape index (κ3) is 3.44. The molecule has 1 fully saturated rings. The maximum atomic E-state index is 6.02. The third-order valence-corrected chi connectivity index (χ3v) is 3.66. The molecule has 1 rings (SSSR count). The Morgan fingerprint density at radius 2 is 2.20 bits per heavy atom. The van der Waals surface area contributed by atoms with Gasteiger partial charge in [0.05, 0.1) is 13.2 Å². The standard InChI is InChI=1S/C12H26N2O/c1-5-11-8-15-7-6-14(11)9-12(3,4)10(2)13/h10-11H,5-9,13H2,1-4H3. The summed E-state index contributed by atoms with van der Waals surface area (Å²) in [5.74, 6) is 0. The normalized spacial score (nSPS) is 26.6. The van der Waals surface area contributed by atoms with E-state index in [1.807, 2.05) is 0 Å². The quantitative estimate of drug-likeness (QED) is 0.770. The molecule has 0 aliphatic carbocycles. The molecular formula is C12H26N2O. The van der Waals surface area contributed by atoms with Crippen LogP contribution in [0.15, 0.2) is 0 Å². The van der Waals surface area contributed by atoms with Crippen LogP contribution in [0.1, 0.15) is 34.1 Å². The summed E-state index contributed by atoms with van der Waals surface area (Å²) in [6.45, 7) is 12.7. The number of rotatable bonds is 4. The van der Waals surface area contributed by atoms with E-state index < -0.39 is 0 Å². The van der Waals surface area contributed by atoms with Crippen molar-refractivity contribution in [2.75, 3.05) is 26.3 Å². The Balaban J connectivity index is 2.54. The lowest BCUT2D eigenvalue weighted by Gasteiger charge is -2.41. The van der Waals surface area contributed by atoms with Crippen molar-refractivity contribution in [3.05, 3.63) is 0 Å².